The third-order valence-electron chi connectivity index (χ3n) is 5.57. The molecule has 7 nitrogen and oxygen atoms in total. The number of ether oxygens (including phenoxy) is 1. The molecule has 0 amide bonds. The summed E-state index contributed by atoms with van der Waals surface area (Å²) in [5.41, 5.74) is 3.99. The summed E-state index contributed by atoms with van der Waals surface area (Å²) in [4.78, 5) is 2.27. The maximum absolute atomic E-state index is 13.2. The van der Waals surface area contributed by atoms with Crippen molar-refractivity contribution < 1.29 is 13.2 Å². The maximum Gasteiger partial charge on any atom is 0.246 e. The van der Waals surface area contributed by atoms with Gasteiger partial charge >= 0.3 is 0 Å². The van der Waals surface area contributed by atoms with Crippen molar-refractivity contribution in [2.24, 2.45) is 0 Å². The van der Waals surface area contributed by atoms with Gasteiger partial charge < -0.3 is 9.64 Å². The summed E-state index contributed by atoms with van der Waals surface area (Å²) in [5.74, 6) is 1.13. The van der Waals surface area contributed by atoms with Crippen molar-refractivity contribution >= 4 is 15.8 Å². The average molecular weight is 439 g/mol. The monoisotopic (exact) mass is 438 g/mol. The van der Waals surface area contributed by atoms with Gasteiger partial charge in [0.05, 0.1) is 12.8 Å². The minimum atomic E-state index is -3.63. The smallest absolute Gasteiger partial charge is 0.246 e. The lowest BCUT2D eigenvalue weighted by Gasteiger charge is -2.34. The molecule has 1 fully saturated rings. The first-order valence-corrected chi connectivity index (χ1v) is 11.6. The Hall–Kier alpha value is -2.97. The normalized spacial score (nSPS) is 15.1. The van der Waals surface area contributed by atoms with Crippen LogP contribution in [0.1, 0.15) is 11.1 Å². The molecule has 3 aromatic rings. The number of methoxy groups -OCH3 is 1. The van der Waals surface area contributed by atoms with Gasteiger partial charge in [-0.2, -0.15) is 4.31 Å². The Labute approximate surface area is 183 Å². The van der Waals surface area contributed by atoms with E-state index in [2.05, 4.69) is 15.1 Å². The predicted octanol–water partition coefficient (Wildman–Crippen LogP) is 3.28. The van der Waals surface area contributed by atoms with E-state index in [1.54, 1.807) is 18.2 Å². The van der Waals surface area contributed by atoms with Crippen LogP contribution >= 0.6 is 0 Å². The third-order valence-corrected chi connectivity index (χ3v) is 7.51. The van der Waals surface area contributed by atoms with Gasteiger partial charge in [0.15, 0.2) is 5.82 Å². The lowest BCUT2D eigenvalue weighted by atomic mass is 10.1. The predicted molar refractivity (Wildman–Crippen MR) is 121 cm³/mol. The van der Waals surface area contributed by atoms with E-state index in [1.165, 1.54) is 11.4 Å². The first-order valence-electron chi connectivity index (χ1n) is 10.2. The highest BCUT2D eigenvalue weighted by atomic mass is 32.2. The van der Waals surface area contributed by atoms with Crippen LogP contribution in [0.4, 0.5) is 5.82 Å². The number of rotatable bonds is 5. The van der Waals surface area contributed by atoms with Crippen molar-refractivity contribution in [1.29, 1.82) is 0 Å². The number of aryl methyl sites for hydroxylation is 2. The topological polar surface area (TPSA) is 75.6 Å². The molecule has 1 saturated heterocycles. The van der Waals surface area contributed by atoms with Gasteiger partial charge in [0.1, 0.15) is 10.6 Å². The van der Waals surface area contributed by atoms with Gasteiger partial charge in [0.2, 0.25) is 10.0 Å². The van der Waals surface area contributed by atoms with Crippen LogP contribution < -0.4 is 9.64 Å². The Morgan fingerprint density at radius 2 is 1.65 bits per heavy atom. The molecule has 2 heterocycles. The van der Waals surface area contributed by atoms with Crippen LogP contribution in [0.25, 0.3) is 11.3 Å². The van der Waals surface area contributed by atoms with Crippen LogP contribution in [0.2, 0.25) is 0 Å². The summed E-state index contributed by atoms with van der Waals surface area (Å²) in [5, 5.41) is 8.78. The van der Waals surface area contributed by atoms with E-state index < -0.39 is 10.0 Å². The first kappa shape index (κ1) is 21.3. The molecule has 0 radical (unpaired) electrons. The summed E-state index contributed by atoms with van der Waals surface area (Å²) < 4.78 is 33.1. The molecule has 8 heteroatoms. The van der Waals surface area contributed by atoms with E-state index in [1.807, 2.05) is 50.2 Å². The number of hydrogen-bond donors (Lipinski definition) is 0. The summed E-state index contributed by atoms with van der Waals surface area (Å²) in [7, 11) is -2.14. The Morgan fingerprint density at radius 1 is 0.903 bits per heavy atom. The van der Waals surface area contributed by atoms with Crippen LogP contribution in [0.15, 0.2) is 59.5 Å². The molecule has 1 aliphatic rings. The summed E-state index contributed by atoms with van der Waals surface area (Å²) >= 11 is 0. The van der Waals surface area contributed by atoms with Gasteiger partial charge in [-0.3, -0.25) is 0 Å². The van der Waals surface area contributed by atoms with Crippen LogP contribution in [0.5, 0.6) is 5.75 Å². The molecule has 0 saturated carbocycles. The van der Waals surface area contributed by atoms with E-state index in [0.717, 1.165) is 28.2 Å². The minimum absolute atomic E-state index is 0.205. The summed E-state index contributed by atoms with van der Waals surface area (Å²) in [6, 6.07) is 17.1. The fourth-order valence-corrected chi connectivity index (χ4v) is 5.34. The van der Waals surface area contributed by atoms with E-state index >= 15 is 0 Å². The average Bonchev–Trinajstić information content (AvgIpc) is 2.79. The maximum atomic E-state index is 13.2. The highest BCUT2D eigenvalue weighted by Crippen LogP contribution is 2.29. The minimum Gasteiger partial charge on any atom is -0.495 e. The van der Waals surface area contributed by atoms with Crippen molar-refractivity contribution in [3.63, 3.8) is 0 Å². The standard InChI is InChI=1S/C23H26N4O3S/c1-17-8-10-22(21(16-17)30-3)31(28,29)27-14-12-26(13-15-27)23-11-9-20(24-25-23)19-7-5-4-6-18(19)2/h4-11,16H,12-15H2,1-3H3. The quantitative estimate of drug-likeness (QED) is 0.609. The molecule has 0 atom stereocenters. The van der Waals surface area contributed by atoms with Gasteiger partial charge in [-0.05, 0) is 49.2 Å². The van der Waals surface area contributed by atoms with Crippen molar-refractivity contribution in [3.8, 4) is 17.0 Å². The SMILES string of the molecule is COc1cc(C)ccc1S(=O)(=O)N1CCN(c2ccc(-c3ccccc3C)nn2)CC1. The molecule has 0 aliphatic carbocycles. The number of anilines is 1. The highest BCUT2D eigenvalue weighted by molar-refractivity contribution is 7.89. The zero-order chi connectivity index (χ0) is 22.0. The largest absolute Gasteiger partial charge is 0.495 e. The molecular formula is C23H26N4O3S. The molecule has 31 heavy (non-hydrogen) atoms. The van der Waals surface area contributed by atoms with Crippen molar-refractivity contribution in [2.75, 3.05) is 38.2 Å². The fraction of sp³-hybridized carbons (Fsp3) is 0.304. The van der Waals surface area contributed by atoms with Crippen molar-refractivity contribution in [2.45, 2.75) is 18.7 Å². The van der Waals surface area contributed by atoms with E-state index in [0.29, 0.717) is 31.9 Å². The second-order valence-corrected chi connectivity index (χ2v) is 9.54. The van der Waals surface area contributed by atoms with Crippen molar-refractivity contribution in [3.05, 3.63) is 65.7 Å². The molecule has 0 bridgehead atoms. The fourth-order valence-electron chi connectivity index (χ4n) is 3.78. The number of sulfonamides is 1. The van der Waals surface area contributed by atoms with E-state index in [-0.39, 0.29) is 4.90 Å². The molecule has 2 aromatic carbocycles. The van der Waals surface area contributed by atoms with E-state index in [4.69, 9.17) is 4.74 Å². The molecular weight excluding hydrogens is 412 g/mol. The lowest BCUT2D eigenvalue weighted by Crippen LogP contribution is -2.49. The Morgan fingerprint density at radius 3 is 2.29 bits per heavy atom. The van der Waals surface area contributed by atoms with E-state index in [9.17, 15) is 8.42 Å². The van der Waals surface area contributed by atoms with Gasteiger partial charge in [-0.15, -0.1) is 10.2 Å². The van der Waals surface area contributed by atoms with Crippen molar-refractivity contribution in [1.82, 2.24) is 14.5 Å². The zero-order valence-electron chi connectivity index (χ0n) is 17.9. The second-order valence-electron chi connectivity index (χ2n) is 7.64. The molecule has 0 unspecified atom stereocenters. The van der Waals surface area contributed by atoms with Gasteiger partial charge in [-0.1, -0.05) is 30.3 Å². The van der Waals surface area contributed by atoms with Crippen LogP contribution in [0, 0.1) is 13.8 Å². The van der Waals surface area contributed by atoms with Gasteiger partial charge in [-0.25, -0.2) is 8.42 Å². The van der Waals surface area contributed by atoms with Gasteiger partial charge in [0.25, 0.3) is 0 Å². The van der Waals surface area contributed by atoms with Gasteiger partial charge in [0, 0.05) is 31.7 Å². The van der Waals surface area contributed by atoms with Crippen LogP contribution in [0.3, 0.4) is 0 Å². The Bertz CT molecular complexity index is 1170. The van der Waals surface area contributed by atoms with Crippen LogP contribution in [-0.4, -0.2) is 56.2 Å². The molecule has 162 valence electrons. The molecule has 0 spiro atoms. The molecule has 0 N–H and O–H groups in total. The zero-order valence-corrected chi connectivity index (χ0v) is 18.8. The third kappa shape index (κ3) is 4.26. The summed E-state index contributed by atoms with van der Waals surface area (Å²) in [6.07, 6.45) is 0. The number of benzene rings is 2. The lowest BCUT2D eigenvalue weighted by molar-refractivity contribution is 0.373. The molecule has 1 aliphatic heterocycles. The number of hydrogen-bond acceptors (Lipinski definition) is 6. The Balaban J connectivity index is 1.47. The molecule has 4 rings (SSSR count). The second kappa shape index (κ2) is 8.64. The number of nitrogens with zero attached hydrogens (tertiary/aromatic N) is 4. The summed E-state index contributed by atoms with van der Waals surface area (Å²) in [6.45, 7) is 5.80. The highest BCUT2D eigenvalue weighted by Gasteiger charge is 2.31. The number of piperazine rings is 1. The molecule has 1 aromatic heterocycles. The Kier molecular flexibility index (Phi) is 5.93. The first-order chi connectivity index (χ1) is 14.9. The number of aromatic nitrogens is 2. The van der Waals surface area contributed by atoms with Crippen LogP contribution in [-0.2, 0) is 10.0 Å².